The maximum absolute atomic E-state index is 13.5. The van der Waals surface area contributed by atoms with Crippen LogP contribution in [0.1, 0.15) is 21.6 Å². The maximum Gasteiger partial charge on any atom is 0.259 e. The number of nitrogens with two attached hydrogens (primary N) is 1. The summed E-state index contributed by atoms with van der Waals surface area (Å²) in [5.74, 6) is 0.311. The molecule has 1 amide bonds. The highest BCUT2D eigenvalue weighted by molar-refractivity contribution is 6.06. The van der Waals surface area contributed by atoms with Crippen LogP contribution in [0.3, 0.4) is 0 Å². The number of ether oxygens (including phenoxy) is 1. The molecule has 1 fully saturated rings. The molecule has 0 bridgehead atoms. The number of halogens is 1. The number of hydrogen-bond donors (Lipinski definition) is 2. The molecule has 34 heavy (non-hydrogen) atoms. The Morgan fingerprint density at radius 3 is 2.56 bits per heavy atom. The highest BCUT2D eigenvalue weighted by Gasteiger charge is 2.27. The van der Waals surface area contributed by atoms with Crippen LogP contribution in [0.2, 0.25) is 0 Å². The van der Waals surface area contributed by atoms with E-state index < -0.39 is 0 Å². The largest absolute Gasteiger partial charge is 0.399 e. The van der Waals surface area contributed by atoms with Gasteiger partial charge in [-0.2, -0.15) is 5.10 Å². The molecule has 2 aromatic carbocycles. The number of benzene rings is 2. The number of hydrogen-bond acceptors (Lipinski definition) is 6. The summed E-state index contributed by atoms with van der Waals surface area (Å²) in [6.45, 7) is 5.76. The number of H-pyrrole nitrogens is 1. The van der Waals surface area contributed by atoms with Crippen LogP contribution in [0.5, 0.6) is 0 Å². The van der Waals surface area contributed by atoms with Crippen molar-refractivity contribution in [1.82, 2.24) is 15.1 Å². The molecular formula is C25H29FN6O2. The van der Waals surface area contributed by atoms with Crippen LogP contribution in [0.25, 0.3) is 0 Å². The molecule has 178 valence electrons. The molecule has 0 aliphatic carbocycles. The number of nitrogens with one attached hydrogen (secondary N) is 1. The summed E-state index contributed by atoms with van der Waals surface area (Å²) in [6.07, 6.45) is 0.761. The Balaban J connectivity index is 1.28. The van der Waals surface area contributed by atoms with Gasteiger partial charge in [0.2, 0.25) is 0 Å². The average molecular weight is 465 g/mol. The molecule has 0 atom stereocenters. The molecule has 0 radical (unpaired) electrons. The second-order valence-corrected chi connectivity index (χ2v) is 8.69. The summed E-state index contributed by atoms with van der Waals surface area (Å²) >= 11 is 0. The van der Waals surface area contributed by atoms with Gasteiger partial charge in [0.25, 0.3) is 5.91 Å². The number of piperazine rings is 1. The monoisotopic (exact) mass is 464 g/mol. The van der Waals surface area contributed by atoms with Crippen molar-refractivity contribution in [3.8, 4) is 0 Å². The highest BCUT2D eigenvalue weighted by atomic mass is 19.1. The van der Waals surface area contributed by atoms with Gasteiger partial charge in [-0.05, 0) is 48.5 Å². The van der Waals surface area contributed by atoms with Crippen LogP contribution in [-0.2, 0) is 17.8 Å². The number of fused-ring (bicyclic) bond motifs is 1. The number of anilines is 3. The third-order valence-corrected chi connectivity index (χ3v) is 6.54. The number of nitrogens with zero attached hydrogens (tertiary/aromatic N) is 4. The lowest BCUT2D eigenvalue weighted by atomic mass is 10.1. The number of aromatic amines is 1. The fourth-order valence-corrected chi connectivity index (χ4v) is 4.53. The van der Waals surface area contributed by atoms with Crippen molar-refractivity contribution in [3.05, 3.63) is 71.2 Å². The van der Waals surface area contributed by atoms with Crippen LogP contribution < -0.4 is 15.5 Å². The van der Waals surface area contributed by atoms with Crippen molar-refractivity contribution in [1.29, 1.82) is 0 Å². The average Bonchev–Trinajstić information content (AvgIpc) is 3.29. The molecule has 0 spiro atoms. The minimum atomic E-state index is -0.223. The smallest absolute Gasteiger partial charge is 0.259 e. The minimum Gasteiger partial charge on any atom is -0.399 e. The number of aromatic nitrogens is 2. The molecule has 3 heterocycles. The molecule has 2 aliphatic heterocycles. The molecule has 5 rings (SSSR count). The molecule has 9 heteroatoms. The number of rotatable bonds is 6. The van der Waals surface area contributed by atoms with Gasteiger partial charge in [0, 0.05) is 73.9 Å². The normalized spacial score (nSPS) is 16.3. The molecule has 0 unspecified atom stereocenters. The van der Waals surface area contributed by atoms with Gasteiger partial charge in [0.05, 0.1) is 13.2 Å². The van der Waals surface area contributed by atoms with Crippen LogP contribution in [-0.4, -0.2) is 66.9 Å². The van der Waals surface area contributed by atoms with Crippen molar-refractivity contribution < 1.29 is 13.9 Å². The second kappa shape index (κ2) is 9.82. The van der Waals surface area contributed by atoms with E-state index >= 15 is 0 Å². The first-order chi connectivity index (χ1) is 16.6. The zero-order valence-electron chi connectivity index (χ0n) is 19.0. The Hall–Kier alpha value is -3.43. The van der Waals surface area contributed by atoms with Crippen LogP contribution >= 0.6 is 0 Å². The summed E-state index contributed by atoms with van der Waals surface area (Å²) in [6, 6.07) is 13.6. The van der Waals surface area contributed by atoms with Crippen molar-refractivity contribution >= 4 is 23.1 Å². The Bertz CT molecular complexity index is 1120. The SMILES string of the molecule is Nc1ccc(C(=O)N(CCN2CCN(c3ccc(F)cc3)CC2)c2n[nH]c3c2COCC3)cc1. The summed E-state index contributed by atoms with van der Waals surface area (Å²) < 4.78 is 18.9. The maximum atomic E-state index is 13.5. The second-order valence-electron chi connectivity index (χ2n) is 8.69. The number of nitrogen functional groups attached to an aromatic ring is 1. The van der Waals surface area contributed by atoms with Gasteiger partial charge in [0.15, 0.2) is 5.82 Å². The standard InChI is InChI=1S/C25H29FN6O2/c26-19-3-7-21(8-4-19)31-13-10-30(11-14-31)12-15-32(25(33)18-1-5-20(27)6-2-18)24-22-17-34-16-9-23(22)28-29-24/h1-8H,9-17,27H2,(H,28,29). The fourth-order valence-electron chi connectivity index (χ4n) is 4.53. The van der Waals surface area contributed by atoms with Gasteiger partial charge in [-0.3, -0.25) is 19.7 Å². The van der Waals surface area contributed by atoms with E-state index in [0.29, 0.717) is 36.8 Å². The third kappa shape index (κ3) is 4.76. The van der Waals surface area contributed by atoms with E-state index in [-0.39, 0.29) is 11.7 Å². The third-order valence-electron chi connectivity index (χ3n) is 6.54. The number of carbonyl (C=O) groups is 1. The van der Waals surface area contributed by atoms with Gasteiger partial charge in [-0.1, -0.05) is 0 Å². The predicted molar refractivity (Wildman–Crippen MR) is 130 cm³/mol. The Morgan fingerprint density at radius 2 is 1.82 bits per heavy atom. The van der Waals surface area contributed by atoms with Crippen molar-refractivity contribution in [3.63, 3.8) is 0 Å². The Kier molecular flexibility index (Phi) is 6.46. The van der Waals surface area contributed by atoms with Crippen LogP contribution in [0.15, 0.2) is 48.5 Å². The highest BCUT2D eigenvalue weighted by Crippen LogP contribution is 2.27. The first-order valence-corrected chi connectivity index (χ1v) is 11.6. The van der Waals surface area contributed by atoms with Crippen LogP contribution in [0.4, 0.5) is 21.6 Å². The summed E-state index contributed by atoms with van der Waals surface area (Å²) in [7, 11) is 0. The summed E-state index contributed by atoms with van der Waals surface area (Å²) in [5.41, 5.74) is 10.0. The molecule has 1 saturated heterocycles. The lowest BCUT2D eigenvalue weighted by Crippen LogP contribution is -2.49. The van der Waals surface area contributed by atoms with Gasteiger partial charge in [-0.25, -0.2) is 4.39 Å². The van der Waals surface area contributed by atoms with Crippen molar-refractivity contribution in [2.24, 2.45) is 0 Å². The zero-order valence-corrected chi connectivity index (χ0v) is 19.0. The van der Waals surface area contributed by atoms with E-state index in [2.05, 4.69) is 20.0 Å². The van der Waals surface area contributed by atoms with Crippen molar-refractivity contribution in [2.75, 3.05) is 61.4 Å². The van der Waals surface area contributed by atoms with Gasteiger partial charge in [0.1, 0.15) is 5.82 Å². The first kappa shape index (κ1) is 22.4. The van der Waals surface area contributed by atoms with E-state index in [1.54, 1.807) is 29.2 Å². The molecule has 3 N–H and O–H groups in total. The molecule has 0 saturated carbocycles. The molecule has 3 aromatic rings. The lowest BCUT2D eigenvalue weighted by molar-refractivity contribution is 0.0977. The zero-order chi connectivity index (χ0) is 23.5. The van der Waals surface area contributed by atoms with E-state index in [9.17, 15) is 9.18 Å². The fraction of sp³-hybridized carbons (Fsp3) is 0.360. The minimum absolute atomic E-state index is 0.107. The van der Waals surface area contributed by atoms with E-state index in [4.69, 9.17) is 10.5 Å². The Labute approximate surface area is 198 Å². The summed E-state index contributed by atoms with van der Waals surface area (Å²) in [5, 5.41) is 7.60. The van der Waals surface area contributed by atoms with Gasteiger partial charge in [-0.15, -0.1) is 0 Å². The van der Waals surface area contributed by atoms with Gasteiger partial charge >= 0.3 is 0 Å². The van der Waals surface area contributed by atoms with E-state index in [0.717, 1.165) is 56.1 Å². The lowest BCUT2D eigenvalue weighted by Gasteiger charge is -2.37. The molecule has 8 nitrogen and oxygen atoms in total. The summed E-state index contributed by atoms with van der Waals surface area (Å²) in [4.78, 5) is 19.9. The number of carbonyl (C=O) groups excluding carboxylic acids is 1. The number of amides is 1. The molecular weight excluding hydrogens is 435 g/mol. The van der Waals surface area contributed by atoms with E-state index in [1.165, 1.54) is 12.1 Å². The Morgan fingerprint density at radius 1 is 1.09 bits per heavy atom. The quantitative estimate of drug-likeness (QED) is 0.545. The molecule has 1 aromatic heterocycles. The first-order valence-electron chi connectivity index (χ1n) is 11.6. The van der Waals surface area contributed by atoms with E-state index in [1.807, 2.05) is 12.1 Å². The van der Waals surface area contributed by atoms with Crippen LogP contribution in [0, 0.1) is 5.82 Å². The topological polar surface area (TPSA) is 90.7 Å². The molecule has 2 aliphatic rings. The predicted octanol–water partition coefficient (Wildman–Crippen LogP) is 2.67. The van der Waals surface area contributed by atoms with Crippen molar-refractivity contribution in [2.45, 2.75) is 13.0 Å². The van der Waals surface area contributed by atoms with Gasteiger partial charge < -0.3 is 15.4 Å².